The van der Waals surface area contributed by atoms with Crippen molar-refractivity contribution in [3.05, 3.63) is 71.2 Å². The number of hydrogen-bond acceptors (Lipinski definition) is 7. The summed E-state index contributed by atoms with van der Waals surface area (Å²) in [5.74, 6) is 0.138. The molecule has 174 valence electrons. The molecule has 0 fully saturated rings. The van der Waals surface area contributed by atoms with Gasteiger partial charge in [-0.25, -0.2) is 9.97 Å². The second-order valence-electron chi connectivity index (χ2n) is 7.41. The van der Waals surface area contributed by atoms with Crippen molar-refractivity contribution < 1.29 is 14.3 Å². The van der Waals surface area contributed by atoms with Crippen LogP contribution in [0.15, 0.2) is 60.8 Å². The predicted molar refractivity (Wildman–Crippen MR) is 136 cm³/mol. The summed E-state index contributed by atoms with van der Waals surface area (Å²) in [4.78, 5) is 35.5. The van der Waals surface area contributed by atoms with Crippen LogP contribution in [0.5, 0.6) is 0 Å². The van der Waals surface area contributed by atoms with Crippen LogP contribution in [0, 0.1) is 0 Å². The van der Waals surface area contributed by atoms with E-state index in [1.54, 1.807) is 19.4 Å². The molecule has 8 nitrogen and oxygen atoms in total. The van der Waals surface area contributed by atoms with Crippen molar-refractivity contribution in [2.24, 2.45) is 0 Å². The normalized spacial score (nSPS) is 10.8. The highest BCUT2D eigenvalue weighted by Gasteiger charge is 2.15. The summed E-state index contributed by atoms with van der Waals surface area (Å²) in [7, 11) is 1.59. The molecule has 0 aliphatic carbocycles. The Hall–Kier alpha value is -3.82. The van der Waals surface area contributed by atoms with Gasteiger partial charge in [-0.2, -0.15) is 0 Å². The molecule has 3 aromatic heterocycles. The smallest absolute Gasteiger partial charge is 0.265 e. The first-order chi connectivity index (χ1) is 16.6. The van der Waals surface area contributed by atoms with E-state index < -0.39 is 0 Å². The molecule has 0 aliphatic heterocycles. The van der Waals surface area contributed by atoms with E-state index in [-0.39, 0.29) is 11.8 Å². The van der Waals surface area contributed by atoms with Gasteiger partial charge in [0.2, 0.25) is 0 Å². The number of rotatable bonds is 9. The third-order valence-corrected chi connectivity index (χ3v) is 6.09. The highest BCUT2D eigenvalue weighted by molar-refractivity contribution is 7.20. The van der Waals surface area contributed by atoms with Gasteiger partial charge in [-0.15, -0.1) is 11.3 Å². The molecule has 2 amide bonds. The monoisotopic (exact) mass is 475 g/mol. The summed E-state index contributed by atoms with van der Waals surface area (Å²) in [6.07, 6.45) is 1.72. The third kappa shape index (κ3) is 5.38. The van der Waals surface area contributed by atoms with Crippen LogP contribution in [0.3, 0.4) is 0 Å². The van der Waals surface area contributed by atoms with Crippen LogP contribution in [0.2, 0.25) is 0 Å². The molecular formula is C25H25N5O3S. The Morgan fingerprint density at radius 3 is 2.62 bits per heavy atom. The Morgan fingerprint density at radius 2 is 1.88 bits per heavy atom. The maximum atomic E-state index is 12.7. The summed E-state index contributed by atoms with van der Waals surface area (Å²) >= 11 is 1.36. The van der Waals surface area contributed by atoms with E-state index >= 15 is 0 Å². The minimum Gasteiger partial charge on any atom is -0.383 e. The molecule has 0 radical (unpaired) electrons. The number of carbonyl (C=O) groups excluding carboxylic acids is 2. The molecule has 4 rings (SSSR count). The van der Waals surface area contributed by atoms with Crippen LogP contribution in [-0.4, -0.2) is 48.6 Å². The lowest BCUT2D eigenvalue weighted by atomic mass is 10.1. The van der Waals surface area contributed by atoms with E-state index in [1.165, 1.54) is 11.3 Å². The number of anilines is 2. The average Bonchev–Trinajstić information content (AvgIpc) is 3.29. The molecule has 0 unspecified atom stereocenters. The second-order valence-corrected chi connectivity index (χ2v) is 8.44. The van der Waals surface area contributed by atoms with Crippen LogP contribution in [-0.2, 0) is 4.74 Å². The third-order valence-electron chi connectivity index (χ3n) is 5.03. The first kappa shape index (κ1) is 23.3. The highest BCUT2D eigenvalue weighted by Crippen LogP contribution is 2.26. The van der Waals surface area contributed by atoms with E-state index in [0.717, 1.165) is 21.5 Å². The Morgan fingerprint density at radius 1 is 1.06 bits per heavy atom. The maximum absolute atomic E-state index is 12.7. The fourth-order valence-corrected chi connectivity index (χ4v) is 4.27. The molecule has 0 saturated carbocycles. The molecule has 4 aromatic rings. The maximum Gasteiger partial charge on any atom is 0.265 e. The number of fused-ring (bicyclic) bond motifs is 1. The van der Waals surface area contributed by atoms with Crippen LogP contribution in [0.25, 0.3) is 21.5 Å². The lowest BCUT2D eigenvalue weighted by molar-refractivity contribution is 0.0937. The number of pyridine rings is 2. The van der Waals surface area contributed by atoms with E-state index in [9.17, 15) is 9.59 Å². The standard InChI is InChI=1S/C25H25N5O3S/c1-3-26-22-19(23(31)27-13-14-33-2)10-11-20(30-22)16-6-8-18(9-7-16)29-24(32)21-15-17-5-4-12-28-25(17)34-21/h4-12,15H,3,13-14H2,1-2H3,(H,26,30)(H,27,31)(H,29,32). The zero-order valence-corrected chi connectivity index (χ0v) is 19.7. The van der Waals surface area contributed by atoms with Crippen molar-refractivity contribution in [1.82, 2.24) is 15.3 Å². The van der Waals surface area contributed by atoms with Crippen LogP contribution >= 0.6 is 11.3 Å². The lowest BCUT2D eigenvalue weighted by Gasteiger charge is -2.12. The fraction of sp³-hybridized carbons (Fsp3) is 0.200. The Bertz CT molecular complexity index is 1270. The van der Waals surface area contributed by atoms with Crippen LogP contribution in [0.1, 0.15) is 27.0 Å². The molecule has 0 saturated heterocycles. The zero-order valence-electron chi connectivity index (χ0n) is 18.9. The molecular weight excluding hydrogens is 450 g/mol. The van der Waals surface area contributed by atoms with Crippen molar-refractivity contribution in [1.29, 1.82) is 0 Å². The first-order valence-electron chi connectivity index (χ1n) is 10.9. The number of ether oxygens (including phenoxy) is 1. The SMILES string of the molecule is CCNc1nc(-c2ccc(NC(=O)c3cc4cccnc4s3)cc2)ccc1C(=O)NCCOC. The van der Waals surface area contributed by atoms with Gasteiger partial charge in [-0.3, -0.25) is 9.59 Å². The minimum atomic E-state index is -0.207. The first-order valence-corrected chi connectivity index (χ1v) is 11.7. The fourth-order valence-electron chi connectivity index (χ4n) is 3.37. The van der Waals surface area contributed by atoms with Crippen molar-refractivity contribution in [3.63, 3.8) is 0 Å². The molecule has 3 N–H and O–H groups in total. The van der Waals surface area contributed by atoms with Crippen molar-refractivity contribution in [2.45, 2.75) is 6.92 Å². The second kappa shape index (κ2) is 10.9. The quantitative estimate of drug-likeness (QED) is 0.310. The molecule has 9 heteroatoms. The number of benzene rings is 1. The Labute approximate surface area is 201 Å². The van der Waals surface area contributed by atoms with Crippen molar-refractivity contribution >= 4 is 44.9 Å². The van der Waals surface area contributed by atoms with Gasteiger partial charge in [-0.05, 0) is 43.3 Å². The molecule has 1 aromatic carbocycles. The van der Waals surface area contributed by atoms with Gasteiger partial charge in [0.1, 0.15) is 10.6 Å². The summed E-state index contributed by atoms with van der Waals surface area (Å²) in [5, 5.41) is 9.85. The van der Waals surface area contributed by atoms with Gasteiger partial charge >= 0.3 is 0 Å². The van der Waals surface area contributed by atoms with Gasteiger partial charge in [-0.1, -0.05) is 18.2 Å². The summed E-state index contributed by atoms with van der Waals surface area (Å²) < 4.78 is 4.98. The number of carbonyl (C=O) groups is 2. The average molecular weight is 476 g/mol. The number of nitrogens with one attached hydrogen (secondary N) is 3. The molecule has 0 aliphatic rings. The van der Waals surface area contributed by atoms with E-state index in [2.05, 4.69) is 25.9 Å². The van der Waals surface area contributed by atoms with Gasteiger partial charge < -0.3 is 20.7 Å². The van der Waals surface area contributed by atoms with Crippen molar-refractivity contribution in [2.75, 3.05) is 37.4 Å². The Balaban J connectivity index is 1.48. The van der Waals surface area contributed by atoms with Crippen LogP contribution < -0.4 is 16.0 Å². The van der Waals surface area contributed by atoms with E-state index in [1.807, 2.05) is 55.5 Å². The van der Waals surface area contributed by atoms with Gasteiger partial charge in [0.05, 0.1) is 22.7 Å². The summed E-state index contributed by atoms with van der Waals surface area (Å²) in [5.41, 5.74) is 2.75. The number of thiophene rings is 1. The lowest BCUT2D eigenvalue weighted by Crippen LogP contribution is -2.28. The van der Waals surface area contributed by atoms with E-state index in [4.69, 9.17) is 4.74 Å². The number of amides is 2. The minimum absolute atomic E-state index is 0.174. The van der Waals surface area contributed by atoms with Gasteiger partial charge in [0.25, 0.3) is 11.8 Å². The number of aromatic nitrogens is 2. The summed E-state index contributed by atoms with van der Waals surface area (Å²) in [6, 6.07) is 16.6. The topological polar surface area (TPSA) is 105 Å². The molecule has 0 spiro atoms. The van der Waals surface area contributed by atoms with Gasteiger partial charge in [0, 0.05) is 43.0 Å². The molecule has 0 bridgehead atoms. The largest absolute Gasteiger partial charge is 0.383 e. The van der Waals surface area contributed by atoms with Gasteiger partial charge in [0.15, 0.2) is 0 Å². The summed E-state index contributed by atoms with van der Waals surface area (Å²) in [6.45, 7) is 3.45. The predicted octanol–water partition coefficient (Wildman–Crippen LogP) is 4.42. The number of nitrogens with zero attached hydrogens (tertiary/aromatic N) is 2. The molecule has 34 heavy (non-hydrogen) atoms. The molecule has 3 heterocycles. The van der Waals surface area contributed by atoms with Crippen LogP contribution in [0.4, 0.5) is 11.5 Å². The number of methoxy groups -OCH3 is 1. The van der Waals surface area contributed by atoms with E-state index in [0.29, 0.717) is 41.6 Å². The van der Waals surface area contributed by atoms with Crippen molar-refractivity contribution in [3.8, 4) is 11.3 Å². The zero-order chi connectivity index (χ0) is 23.9. The number of hydrogen-bond donors (Lipinski definition) is 3. The molecule has 0 atom stereocenters. The Kier molecular flexibility index (Phi) is 7.46. The highest BCUT2D eigenvalue weighted by atomic mass is 32.1.